The first kappa shape index (κ1) is 27.2. The first-order chi connectivity index (χ1) is 16.5. The second-order valence-corrected chi connectivity index (χ2v) is 12.2. The Hall–Kier alpha value is -2.39. The van der Waals surface area contributed by atoms with Gasteiger partial charge in [0.2, 0.25) is 21.8 Å². The number of carbonyl (C=O) groups excluding carboxylic acids is 2. The van der Waals surface area contributed by atoms with Crippen molar-refractivity contribution in [3.05, 3.63) is 63.6 Å². The van der Waals surface area contributed by atoms with Gasteiger partial charge in [0, 0.05) is 17.1 Å². The van der Waals surface area contributed by atoms with E-state index < -0.39 is 22.0 Å². The number of sulfonamides is 1. The summed E-state index contributed by atoms with van der Waals surface area (Å²) in [5, 5.41) is 3.07. The SMILES string of the molecule is Cc1ccc(C)c(N(CC(=O)N(Cc2ccc(Br)cc2)C(C)C(=O)NC2CCCC2)S(C)(=O)=O)c1. The fraction of sp³-hybridized carbons (Fsp3) is 0.462. The van der Waals surface area contributed by atoms with Gasteiger partial charge in [-0.25, -0.2) is 8.42 Å². The van der Waals surface area contributed by atoms with Crippen LogP contribution < -0.4 is 9.62 Å². The number of nitrogens with one attached hydrogen (secondary N) is 1. The summed E-state index contributed by atoms with van der Waals surface area (Å²) in [4.78, 5) is 28.2. The Morgan fingerprint density at radius 3 is 2.31 bits per heavy atom. The number of carbonyl (C=O) groups is 2. The predicted octanol–water partition coefficient (Wildman–Crippen LogP) is 4.31. The highest BCUT2D eigenvalue weighted by Gasteiger charge is 2.31. The van der Waals surface area contributed by atoms with Crippen molar-refractivity contribution in [3.8, 4) is 0 Å². The van der Waals surface area contributed by atoms with Gasteiger partial charge in [-0.15, -0.1) is 0 Å². The van der Waals surface area contributed by atoms with Crippen LogP contribution in [0, 0.1) is 13.8 Å². The number of hydrogen-bond acceptors (Lipinski definition) is 4. The second-order valence-electron chi connectivity index (χ2n) is 9.37. The molecule has 1 unspecified atom stereocenters. The molecular formula is C26H34BrN3O4S. The van der Waals surface area contributed by atoms with Crippen LogP contribution in [0.1, 0.15) is 49.3 Å². The van der Waals surface area contributed by atoms with Crippen molar-refractivity contribution in [2.45, 2.75) is 65.1 Å². The van der Waals surface area contributed by atoms with Crippen molar-refractivity contribution in [2.24, 2.45) is 0 Å². The molecule has 1 fully saturated rings. The molecule has 0 spiro atoms. The lowest BCUT2D eigenvalue weighted by molar-refractivity contribution is -0.139. The highest BCUT2D eigenvalue weighted by atomic mass is 79.9. The fourth-order valence-electron chi connectivity index (χ4n) is 4.34. The molecule has 1 aliphatic carbocycles. The minimum absolute atomic E-state index is 0.122. The molecule has 2 aromatic rings. The number of rotatable bonds is 9. The van der Waals surface area contributed by atoms with Gasteiger partial charge in [-0.3, -0.25) is 13.9 Å². The zero-order chi connectivity index (χ0) is 25.8. The van der Waals surface area contributed by atoms with Gasteiger partial charge in [0.25, 0.3) is 0 Å². The minimum atomic E-state index is -3.75. The van der Waals surface area contributed by atoms with Crippen LogP contribution in [0.5, 0.6) is 0 Å². The standard InChI is InChI=1S/C26H34BrN3O4S/c1-18-9-10-19(2)24(15-18)30(35(4,33)34)17-25(31)29(16-21-11-13-22(27)14-12-21)20(3)26(32)28-23-7-5-6-8-23/h9-15,20,23H,5-8,16-17H2,1-4H3,(H,28,32). The van der Waals surface area contributed by atoms with Crippen LogP contribution in [0.3, 0.4) is 0 Å². The maximum absolute atomic E-state index is 13.7. The van der Waals surface area contributed by atoms with Crippen LogP contribution in [-0.4, -0.2) is 50.0 Å². The molecule has 9 heteroatoms. The van der Waals surface area contributed by atoms with E-state index in [-0.39, 0.29) is 25.0 Å². The fourth-order valence-corrected chi connectivity index (χ4v) is 5.51. The number of halogens is 1. The molecule has 0 aliphatic heterocycles. The summed E-state index contributed by atoms with van der Waals surface area (Å²) in [6.45, 7) is 5.19. The van der Waals surface area contributed by atoms with Crippen molar-refractivity contribution in [2.75, 3.05) is 17.1 Å². The van der Waals surface area contributed by atoms with Gasteiger partial charge in [0.05, 0.1) is 11.9 Å². The van der Waals surface area contributed by atoms with Crippen molar-refractivity contribution < 1.29 is 18.0 Å². The molecule has 0 bridgehead atoms. The average molecular weight is 565 g/mol. The monoisotopic (exact) mass is 563 g/mol. The molecular weight excluding hydrogens is 530 g/mol. The number of amides is 2. The summed E-state index contributed by atoms with van der Waals surface area (Å²) in [5.41, 5.74) is 2.95. The average Bonchev–Trinajstić information content (AvgIpc) is 3.30. The lowest BCUT2D eigenvalue weighted by Crippen LogP contribution is -2.52. The molecule has 190 valence electrons. The Kier molecular flexibility index (Phi) is 8.99. The summed E-state index contributed by atoms with van der Waals surface area (Å²) in [6.07, 6.45) is 5.14. The van der Waals surface area contributed by atoms with E-state index in [2.05, 4.69) is 21.2 Å². The third kappa shape index (κ3) is 7.30. The van der Waals surface area contributed by atoms with Crippen LogP contribution in [0.4, 0.5) is 5.69 Å². The van der Waals surface area contributed by atoms with E-state index in [1.165, 1.54) is 4.90 Å². The molecule has 0 aromatic heterocycles. The van der Waals surface area contributed by atoms with Crippen molar-refractivity contribution in [3.63, 3.8) is 0 Å². The number of nitrogens with zero attached hydrogens (tertiary/aromatic N) is 2. The largest absolute Gasteiger partial charge is 0.352 e. The van der Waals surface area contributed by atoms with E-state index >= 15 is 0 Å². The van der Waals surface area contributed by atoms with E-state index in [4.69, 9.17) is 0 Å². The van der Waals surface area contributed by atoms with Gasteiger partial charge in [0.1, 0.15) is 12.6 Å². The molecule has 0 heterocycles. The molecule has 1 atom stereocenters. The van der Waals surface area contributed by atoms with E-state index in [1.807, 2.05) is 50.2 Å². The highest BCUT2D eigenvalue weighted by Crippen LogP contribution is 2.25. The summed E-state index contributed by atoms with van der Waals surface area (Å²) < 4.78 is 27.5. The van der Waals surface area contributed by atoms with Crippen LogP contribution >= 0.6 is 15.9 Å². The summed E-state index contributed by atoms with van der Waals surface area (Å²) in [5.74, 6) is -0.659. The van der Waals surface area contributed by atoms with Crippen molar-refractivity contribution in [1.29, 1.82) is 0 Å². The Balaban J connectivity index is 1.90. The highest BCUT2D eigenvalue weighted by molar-refractivity contribution is 9.10. The summed E-state index contributed by atoms with van der Waals surface area (Å²) in [7, 11) is -3.75. The van der Waals surface area contributed by atoms with E-state index in [0.717, 1.165) is 57.4 Å². The quantitative estimate of drug-likeness (QED) is 0.492. The third-order valence-electron chi connectivity index (χ3n) is 6.45. The first-order valence-corrected chi connectivity index (χ1v) is 14.5. The topological polar surface area (TPSA) is 86.8 Å². The van der Waals surface area contributed by atoms with E-state index in [0.29, 0.717) is 5.69 Å². The Bertz CT molecular complexity index is 1160. The van der Waals surface area contributed by atoms with Gasteiger partial charge >= 0.3 is 0 Å². The maximum atomic E-state index is 13.7. The Morgan fingerprint density at radius 2 is 1.71 bits per heavy atom. The zero-order valence-corrected chi connectivity index (χ0v) is 23.2. The van der Waals surface area contributed by atoms with Crippen LogP contribution in [0.15, 0.2) is 46.9 Å². The molecule has 7 nitrogen and oxygen atoms in total. The Morgan fingerprint density at radius 1 is 1.09 bits per heavy atom. The molecule has 2 aromatic carbocycles. The van der Waals surface area contributed by atoms with Crippen LogP contribution in [-0.2, 0) is 26.2 Å². The van der Waals surface area contributed by atoms with Crippen molar-refractivity contribution >= 4 is 43.5 Å². The number of benzene rings is 2. The second kappa shape index (κ2) is 11.6. The Labute approximate surface area is 217 Å². The number of hydrogen-bond donors (Lipinski definition) is 1. The first-order valence-electron chi connectivity index (χ1n) is 11.8. The van der Waals surface area contributed by atoms with Crippen LogP contribution in [0.2, 0.25) is 0 Å². The minimum Gasteiger partial charge on any atom is -0.352 e. The molecule has 1 N–H and O–H groups in total. The van der Waals surface area contributed by atoms with Gasteiger partial charge in [-0.05, 0) is 68.5 Å². The van der Waals surface area contributed by atoms with E-state index in [9.17, 15) is 18.0 Å². The van der Waals surface area contributed by atoms with Gasteiger partial charge in [0.15, 0.2) is 0 Å². The lowest BCUT2D eigenvalue weighted by Gasteiger charge is -2.32. The van der Waals surface area contributed by atoms with Gasteiger partial charge in [-0.1, -0.05) is 53.0 Å². The van der Waals surface area contributed by atoms with Gasteiger partial charge in [-0.2, -0.15) is 0 Å². The lowest BCUT2D eigenvalue weighted by atomic mass is 10.1. The van der Waals surface area contributed by atoms with Gasteiger partial charge < -0.3 is 10.2 Å². The molecule has 35 heavy (non-hydrogen) atoms. The molecule has 0 radical (unpaired) electrons. The zero-order valence-electron chi connectivity index (χ0n) is 20.8. The number of anilines is 1. The molecule has 1 aliphatic rings. The summed E-state index contributed by atoms with van der Waals surface area (Å²) >= 11 is 3.42. The molecule has 1 saturated carbocycles. The number of aryl methyl sites for hydroxylation is 2. The smallest absolute Gasteiger partial charge is 0.244 e. The van der Waals surface area contributed by atoms with Crippen molar-refractivity contribution in [1.82, 2.24) is 10.2 Å². The predicted molar refractivity (Wildman–Crippen MR) is 143 cm³/mol. The molecule has 0 saturated heterocycles. The van der Waals surface area contributed by atoms with Crippen LogP contribution in [0.25, 0.3) is 0 Å². The molecule has 2 amide bonds. The van der Waals surface area contributed by atoms with E-state index in [1.54, 1.807) is 13.0 Å². The molecule has 3 rings (SSSR count). The maximum Gasteiger partial charge on any atom is 0.244 e. The normalized spacial score (nSPS) is 15.0. The summed E-state index contributed by atoms with van der Waals surface area (Å²) in [6, 6.07) is 12.4. The third-order valence-corrected chi connectivity index (χ3v) is 8.10.